The van der Waals surface area contributed by atoms with Gasteiger partial charge in [0.2, 0.25) is 10.0 Å². The summed E-state index contributed by atoms with van der Waals surface area (Å²) in [4.78, 5) is 21.0. The lowest BCUT2D eigenvalue weighted by Crippen LogP contribution is -2.38. The zero-order chi connectivity index (χ0) is 17.2. The van der Waals surface area contributed by atoms with Crippen LogP contribution in [0.4, 0.5) is 5.69 Å². The van der Waals surface area contributed by atoms with Crippen LogP contribution in [0.15, 0.2) is 23.1 Å². The van der Waals surface area contributed by atoms with Gasteiger partial charge in [0, 0.05) is 18.2 Å². The molecule has 1 aliphatic rings. The van der Waals surface area contributed by atoms with E-state index in [9.17, 15) is 23.3 Å². The number of nitrogens with one attached hydrogen (secondary N) is 1. The number of aliphatic carboxylic acids is 1. The van der Waals surface area contributed by atoms with Crippen molar-refractivity contribution < 1.29 is 23.2 Å². The molecule has 1 aromatic rings. The third-order valence-corrected chi connectivity index (χ3v) is 5.74. The zero-order valence-corrected chi connectivity index (χ0v) is 13.4. The third kappa shape index (κ3) is 4.05. The van der Waals surface area contributed by atoms with Crippen LogP contribution in [0.1, 0.15) is 31.2 Å². The highest BCUT2D eigenvalue weighted by molar-refractivity contribution is 7.89. The number of hydrogen-bond donors (Lipinski definition) is 2. The maximum absolute atomic E-state index is 12.4. The zero-order valence-electron chi connectivity index (χ0n) is 12.6. The van der Waals surface area contributed by atoms with Gasteiger partial charge in [0.15, 0.2) is 0 Å². The molecule has 0 bridgehead atoms. The first kappa shape index (κ1) is 17.4. The van der Waals surface area contributed by atoms with Gasteiger partial charge >= 0.3 is 5.97 Å². The second-order valence-electron chi connectivity index (χ2n) is 5.71. The molecule has 1 fully saturated rings. The van der Waals surface area contributed by atoms with E-state index < -0.39 is 26.8 Å². The Morgan fingerprint density at radius 1 is 1.30 bits per heavy atom. The molecule has 1 aromatic carbocycles. The number of carboxylic acids is 1. The number of benzene rings is 1. The fraction of sp³-hybridized carbons (Fsp3) is 0.500. The van der Waals surface area contributed by atoms with Gasteiger partial charge in [-0.25, -0.2) is 13.1 Å². The van der Waals surface area contributed by atoms with Crippen molar-refractivity contribution in [1.29, 1.82) is 0 Å². The number of nitrogens with zero attached hydrogens (tertiary/aromatic N) is 1. The van der Waals surface area contributed by atoms with Crippen molar-refractivity contribution in [2.75, 3.05) is 0 Å². The highest BCUT2D eigenvalue weighted by atomic mass is 32.2. The van der Waals surface area contributed by atoms with Crippen LogP contribution >= 0.6 is 0 Å². The van der Waals surface area contributed by atoms with E-state index in [-0.39, 0.29) is 16.6 Å². The Labute approximate surface area is 133 Å². The van der Waals surface area contributed by atoms with Crippen LogP contribution in [0.2, 0.25) is 0 Å². The molecule has 1 saturated carbocycles. The molecule has 23 heavy (non-hydrogen) atoms. The van der Waals surface area contributed by atoms with Crippen molar-refractivity contribution in [2.24, 2.45) is 5.92 Å². The lowest BCUT2D eigenvalue weighted by Gasteiger charge is -2.26. The van der Waals surface area contributed by atoms with Gasteiger partial charge < -0.3 is 5.11 Å². The molecule has 0 spiro atoms. The van der Waals surface area contributed by atoms with E-state index in [0.29, 0.717) is 31.2 Å². The first-order valence-electron chi connectivity index (χ1n) is 7.21. The summed E-state index contributed by atoms with van der Waals surface area (Å²) in [5, 5.41) is 19.7. The highest BCUT2D eigenvalue weighted by Gasteiger charge is 2.29. The fourth-order valence-corrected chi connectivity index (χ4v) is 4.32. The standard InChI is InChI=1S/C14H18N2O6S/c1-9-8-12(16(19)20)6-7-13(9)23(21,22)15-11-4-2-10(3-5-11)14(17)18/h6-8,10-11,15H,2-5H2,1H3,(H,17,18). The van der Waals surface area contributed by atoms with Crippen molar-refractivity contribution in [3.63, 3.8) is 0 Å². The van der Waals surface area contributed by atoms with E-state index in [1.165, 1.54) is 19.1 Å². The number of rotatable bonds is 5. The normalized spacial score (nSPS) is 21.8. The van der Waals surface area contributed by atoms with Crippen LogP contribution < -0.4 is 4.72 Å². The van der Waals surface area contributed by atoms with E-state index in [2.05, 4.69) is 4.72 Å². The summed E-state index contributed by atoms with van der Waals surface area (Å²) >= 11 is 0. The summed E-state index contributed by atoms with van der Waals surface area (Å²) in [7, 11) is -3.79. The highest BCUT2D eigenvalue weighted by Crippen LogP contribution is 2.27. The lowest BCUT2D eigenvalue weighted by molar-refractivity contribution is -0.385. The molecule has 0 amide bonds. The summed E-state index contributed by atoms with van der Waals surface area (Å²) in [5.74, 6) is -1.27. The Morgan fingerprint density at radius 2 is 1.91 bits per heavy atom. The number of aryl methyl sites for hydroxylation is 1. The molecule has 0 saturated heterocycles. The number of carbonyl (C=O) groups is 1. The van der Waals surface area contributed by atoms with Crippen molar-refractivity contribution in [1.82, 2.24) is 4.72 Å². The molecule has 126 valence electrons. The summed E-state index contributed by atoms with van der Waals surface area (Å²) in [5.41, 5.74) is 0.134. The minimum Gasteiger partial charge on any atom is -0.481 e. The van der Waals surface area contributed by atoms with Crippen LogP contribution in [-0.4, -0.2) is 30.5 Å². The van der Waals surface area contributed by atoms with Gasteiger partial charge in [0.05, 0.1) is 15.7 Å². The first-order chi connectivity index (χ1) is 10.7. The molecule has 0 aromatic heterocycles. The predicted octanol–water partition coefficient (Wildman–Crippen LogP) is 1.82. The minimum absolute atomic E-state index is 0.00320. The van der Waals surface area contributed by atoms with Crippen LogP contribution in [0, 0.1) is 23.0 Å². The van der Waals surface area contributed by atoms with Crippen LogP contribution in [-0.2, 0) is 14.8 Å². The van der Waals surface area contributed by atoms with Gasteiger partial charge in [-0.3, -0.25) is 14.9 Å². The van der Waals surface area contributed by atoms with Gasteiger partial charge in [-0.15, -0.1) is 0 Å². The molecule has 1 aliphatic carbocycles. The Balaban J connectivity index is 2.11. The van der Waals surface area contributed by atoms with E-state index >= 15 is 0 Å². The van der Waals surface area contributed by atoms with E-state index in [1.807, 2.05) is 0 Å². The number of nitro groups is 1. The molecular formula is C14H18N2O6S. The van der Waals surface area contributed by atoms with Gasteiger partial charge in [-0.05, 0) is 44.2 Å². The monoisotopic (exact) mass is 342 g/mol. The quantitative estimate of drug-likeness (QED) is 0.621. The summed E-state index contributed by atoms with van der Waals surface area (Å²) in [6.07, 6.45) is 1.79. The molecule has 0 heterocycles. The number of non-ortho nitro benzene ring substituents is 1. The summed E-state index contributed by atoms with van der Waals surface area (Å²) in [6, 6.07) is 3.28. The Morgan fingerprint density at radius 3 is 2.39 bits per heavy atom. The minimum atomic E-state index is -3.79. The molecule has 0 atom stereocenters. The lowest BCUT2D eigenvalue weighted by atomic mass is 9.87. The Hall–Kier alpha value is -2.00. The van der Waals surface area contributed by atoms with E-state index in [4.69, 9.17) is 5.11 Å². The summed E-state index contributed by atoms with van der Waals surface area (Å²) in [6.45, 7) is 1.50. The van der Waals surface area contributed by atoms with Gasteiger partial charge in [0.1, 0.15) is 0 Å². The molecule has 9 heteroatoms. The maximum atomic E-state index is 12.4. The molecule has 0 aliphatic heterocycles. The molecular weight excluding hydrogens is 324 g/mol. The first-order valence-corrected chi connectivity index (χ1v) is 8.69. The Bertz CT molecular complexity index is 723. The number of hydrogen-bond acceptors (Lipinski definition) is 5. The van der Waals surface area contributed by atoms with Crippen molar-refractivity contribution in [3.05, 3.63) is 33.9 Å². The van der Waals surface area contributed by atoms with Crippen LogP contribution in [0.25, 0.3) is 0 Å². The number of nitro benzene ring substituents is 1. The van der Waals surface area contributed by atoms with E-state index in [0.717, 1.165) is 6.07 Å². The second kappa shape index (κ2) is 6.63. The fourth-order valence-electron chi connectivity index (χ4n) is 2.79. The third-order valence-electron chi connectivity index (χ3n) is 4.06. The molecule has 2 N–H and O–H groups in total. The Kier molecular flexibility index (Phi) is 5.00. The molecule has 2 rings (SSSR count). The average molecular weight is 342 g/mol. The van der Waals surface area contributed by atoms with Crippen molar-refractivity contribution in [3.8, 4) is 0 Å². The summed E-state index contributed by atoms with van der Waals surface area (Å²) < 4.78 is 27.4. The molecule has 0 radical (unpaired) electrons. The maximum Gasteiger partial charge on any atom is 0.306 e. The topological polar surface area (TPSA) is 127 Å². The van der Waals surface area contributed by atoms with Crippen LogP contribution in [0.5, 0.6) is 0 Å². The van der Waals surface area contributed by atoms with Gasteiger partial charge in [0.25, 0.3) is 5.69 Å². The predicted molar refractivity (Wildman–Crippen MR) is 81.5 cm³/mol. The average Bonchev–Trinajstić information content (AvgIpc) is 2.46. The van der Waals surface area contributed by atoms with Gasteiger partial charge in [-0.1, -0.05) is 0 Å². The van der Waals surface area contributed by atoms with Gasteiger partial charge in [-0.2, -0.15) is 0 Å². The molecule has 0 unspecified atom stereocenters. The van der Waals surface area contributed by atoms with Crippen molar-refractivity contribution in [2.45, 2.75) is 43.5 Å². The smallest absolute Gasteiger partial charge is 0.306 e. The number of sulfonamides is 1. The second-order valence-corrected chi connectivity index (χ2v) is 7.40. The number of carboxylic acid groups (broad SMARTS) is 1. The van der Waals surface area contributed by atoms with E-state index in [1.54, 1.807) is 0 Å². The van der Waals surface area contributed by atoms with Crippen LogP contribution in [0.3, 0.4) is 0 Å². The van der Waals surface area contributed by atoms with Crippen molar-refractivity contribution >= 4 is 21.7 Å². The molecule has 8 nitrogen and oxygen atoms in total. The largest absolute Gasteiger partial charge is 0.481 e. The SMILES string of the molecule is Cc1cc([N+](=O)[O-])ccc1S(=O)(=O)NC1CCC(C(=O)O)CC1.